The van der Waals surface area contributed by atoms with E-state index in [1.54, 1.807) is 20.2 Å². The number of aromatic nitrogens is 2. The fourth-order valence-electron chi connectivity index (χ4n) is 2.96. The summed E-state index contributed by atoms with van der Waals surface area (Å²) in [6, 6.07) is 9.35. The summed E-state index contributed by atoms with van der Waals surface area (Å²) in [5.74, 6) is 0.772. The largest absolute Gasteiger partial charge is 0.492 e. The van der Waals surface area contributed by atoms with Gasteiger partial charge in [0.2, 0.25) is 0 Å². The average molecular weight is 399 g/mol. The Morgan fingerprint density at radius 2 is 2.15 bits per heavy atom. The second-order valence-electron chi connectivity index (χ2n) is 6.48. The predicted molar refractivity (Wildman–Crippen MR) is 101 cm³/mol. The van der Waals surface area contributed by atoms with Crippen molar-refractivity contribution in [2.24, 2.45) is 0 Å². The van der Waals surface area contributed by atoms with Crippen LogP contribution in [0.1, 0.15) is 23.7 Å². The van der Waals surface area contributed by atoms with Crippen LogP contribution in [0.2, 0.25) is 5.02 Å². The number of H-pyrrole nitrogens is 1. The SMILES string of the molecule is CN(C)S(=O)(=O)N1CC[C@@H](c2cc(CCOc3ccccc3Cl)[nH]n2)C1. The predicted octanol–water partition coefficient (Wildman–Crippen LogP) is 2.28. The van der Waals surface area contributed by atoms with Crippen LogP contribution in [0.15, 0.2) is 30.3 Å². The van der Waals surface area contributed by atoms with E-state index in [0.717, 1.165) is 17.8 Å². The van der Waals surface area contributed by atoms with Gasteiger partial charge in [-0.3, -0.25) is 5.10 Å². The van der Waals surface area contributed by atoms with E-state index in [4.69, 9.17) is 16.3 Å². The lowest BCUT2D eigenvalue weighted by molar-refractivity contribution is 0.320. The number of nitrogens with zero attached hydrogens (tertiary/aromatic N) is 3. The molecule has 3 rings (SSSR count). The van der Waals surface area contributed by atoms with Gasteiger partial charge in [0.25, 0.3) is 10.2 Å². The minimum atomic E-state index is -3.36. The van der Waals surface area contributed by atoms with E-state index in [-0.39, 0.29) is 5.92 Å². The molecule has 1 fully saturated rings. The van der Waals surface area contributed by atoms with E-state index in [0.29, 0.717) is 36.9 Å². The second kappa shape index (κ2) is 7.96. The van der Waals surface area contributed by atoms with Crippen LogP contribution in [-0.4, -0.2) is 61.0 Å². The summed E-state index contributed by atoms with van der Waals surface area (Å²) in [6.07, 6.45) is 1.44. The van der Waals surface area contributed by atoms with Gasteiger partial charge in [-0.15, -0.1) is 0 Å². The lowest BCUT2D eigenvalue weighted by Gasteiger charge is -2.20. The Morgan fingerprint density at radius 3 is 2.88 bits per heavy atom. The molecule has 1 atom stereocenters. The number of ether oxygens (including phenoxy) is 1. The van der Waals surface area contributed by atoms with E-state index in [2.05, 4.69) is 10.2 Å². The first-order valence-electron chi connectivity index (χ1n) is 8.47. The van der Waals surface area contributed by atoms with Gasteiger partial charge in [0, 0.05) is 45.2 Å². The summed E-state index contributed by atoms with van der Waals surface area (Å²) in [4.78, 5) is 0. The Labute approximate surface area is 159 Å². The molecule has 142 valence electrons. The number of aromatic amines is 1. The summed E-state index contributed by atoms with van der Waals surface area (Å²) in [6.45, 7) is 1.46. The molecule has 0 aliphatic carbocycles. The summed E-state index contributed by atoms with van der Waals surface area (Å²) < 4.78 is 32.9. The van der Waals surface area contributed by atoms with Crippen molar-refractivity contribution in [2.75, 3.05) is 33.8 Å². The van der Waals surface area contributed by atoms with Crippen molar-refractivity contribution in [2.45, 2.75) is 18.8 Å². The minimum absolute atomic E-state index is 0.110. The van der Waals surface area contributed by atoms with Gasteiger partial charge in [-0.2, -0.15) is 22.1 Å². The number of hydrogen-bond donors (Lipinski definition) is 1. The van der Waals surface area contributed by atoms with E-state index in [1.807, 2.05) is 24.3 Å². The van der Waals surface area contributed by atoms with Crippen molar-refractivity contribution < 1.29 is 13.2 Å². The fourth-order valence-corrected chi connectivity index (χ4v) is 4.32. The first kappa shape index (κ1) is 19.2. The molecule has 2 heterocycles. The van der Waals surface area contributed by atoms with Crippen LogP contribution < -0.4 is 4.74 Å². The standard InChI is InChI=1S/C17H23ClN4O3S/c1-21(2)26(23,24)22-9-7-13(12-22)16-11-14(19-20-16)8-10-25-17-6-4-3-5-15(17)18/h3-6,11,13H,7-10,12H2,1-2H3,(H,19,20)/t13-/m1/s1. The molecule has 0 amide bonds. The summed E-state index contributed by atoms with van der Waals surface area (Å²) in [7, 11) is -0.264. The summed E-state index contributed by atoms with van der Waals surface area (Å²) >= 11 is 6.07. The van der Waals surface area contributed by atoms with E-state index < -0.39 is 10.2 Å². The smallest absolute Gasteiger partial charge is 0.281 e. The number of para-hydroxylation sites is 1. The van der Waals surface area contributed by atoms with Crippen molar-refractivity contribution in [3.63, 3.8) is 0 Å². The lowest BCUT2D eigenvalue weighted by Crippen LogP contribution is -2.38. The minimum Gasteiger partial charge on any atom is -0.492 e. The molecular weight excluding hydrogens is 376 g/mol. The van der Waals surface area contributed by atoms with Crippen LogP contribution in [0.5, 0.6) is 5.75 Å². The Hall–Kier alpha value is -1.61. The molecule has 0 radical (unpaired) electrons. The topological polar surface area (TPSA) is 78.5 Å². The first-order valence-corrected chi connectivity index (χ1v) is 10.2. The molecule has 0 spiro atoms. The third-order valence-corrected chi connectivity index (χ3v) is 6.69. The van der Waals surface area contributed by atoms with Crippen LogP contribution in [-0.2, 0) is 16.6 Å². The Balaban J connectivity index is 1.55. The first-order chi connectivity index (χ1) is 12.4. The zero-order valence-corrected chi connectivity index (χ0v) is 16.4. The molecule has 7 nitrogen and oxygen atoms in total. The Kier molecular flexibility index (Phi) is 5.86. The molecule has 1 aliphatic heterocycles. The third-order valence-electron chi connectivity index (χ3n) is 4.47. The van der Waals surface area contributed by atoms with Gasteiger partial charge in [0.1, 0.15) is 5.75 Å². The molecular formula is C17H23ClN4O3S. The number of benzene rings is 1. The molecule has 1 aliphatic rings. The summed E-state index contributed by atoms with van der Waals surface area (Å²) in [5, 5.41) is 7.97. The Morgan fingerprint density at radius 1 is 1.38 bits per heavy atom. The fraction of sp³-hybridized carbons (Fsp3) is 0.471. The van der Waals surface area contributed by atoms with Gasteiger partial charge < -0.3 is 4.74 Å². The highest BCUT2D eigenvalue weighted by atomic mass is 35.5. The molecule has 1 N–H and O–H groups in total. The highest BCUT2D eigenvalue weighted by molar-refractivity contribution is 7.86. The normalized spacial score (nSPS) is 18.5. The monoisotopic (exact) mass is 398 g/mol. The van der Waals surface area contributed by atoms with Gasteiger partial charge >= 0.3 is 0 Å². The highest BCUT2D eigenvalue weighted by Crippen LogP contribution is 2.29. The van der Waals surface area contributed by atoms with Crippen molar-refractivity contribution in [1.82, 2.24) is 18.8 Å². The highest BCUT2D eigenvalue weighted by Gasteiger charge is 2.34. The van der Waals surface area contributed by atoms with E-state index in [1.165, 1.54) is 8.61 Å². The number of rotatable bonds is 7. The Bertz CT molecular complexity index is 853. The van der Waals surface area contributed by atoms with Crippen molar-refractivity contribution in [1.29, 1.82) is 0 Å². The molecule has 0 unspecified atom stereocenters. The molecule has 9 heteroatoms. The lowest BCUT2D eigenvalue weighted by atomic mass is 10.0. The maximum absolute atomic E-state index is 12.2. The summed E-state index contributed by atoms with van der Waals surface area (Å²) in [5.41, 5.74) is 1.86. The van der Waals surface area contributed by atoms with Gasteiger partial charge in [0.05, 0.1) is 17.3 Å². The maximum Gasteiger partial charge on any atom is 0.281 e. The molecule has 26 heavy (non-hydrogen) atoms. The van der Waals surface area contributed by atoms with Crippen LogP contribution in [0, 0.1) is 0 Å². The average Bonchev–Trinajstić information content (AvgIpc) is 3.25. The van der Waals surface area contributed by atoms with Crippen LogP contribution in [0.4, 0.5) is 0 Å². The quantitative estimate of drug-likeness (QED) is 0.776. The molecule has 1 aromatic heterocycles. The van der Waals surface area contributed by atoms with Gasteiger partial charge in [-0.25, -0.2) is 0 Å². The third kappa shape index (κ3) is 4.20. The number of halogens is 1. The zero-order valence-electron chi connectivity index (χ0n) is 14.9. The molecule has 2 aromatic rings. The van der Waals surface area contributed by atoms with E-state index in [9.17, 15) is 8.42 Å². The van der Waals surface area contributed by atoms with Gasteiger partial charge in [0.15, 0.2) is 0 Å². The van der Waals surface area contributed by atoms with Crippen LogP contribution in [0.3, 0.4) is 0 Å². The molecule has 0 saturated carbocycles. The van der Waals surface area contributed by atoms with E-state index >= 15 is 0 Å². The van der Waals surface area contributed by atoms with Crippen LogP contribution >= 0.6 is 11.6 Å². The molecule has 0 bridgehead atoms. The molecule has 1 aromatic carbocycles. The van der Waals surface area contributed by atoms with Crippen LogP contribution in [0.25, 0.3) is 0 Å². The molecule has 1 saturated heterocycles. The maximum atomic E-state index is 12.2. The van der Waals surface area contributed by atoms with Crippen molar-refractivity contribution in [3.8, 4) is 5.75 Å². The van der Waals surface area contributed by atoms with Gasteiger partial charge in [-0.05, 0) is 24.6 Å². The van der Waals surface area contributed by atoms with Crippen molar-refractivity contribution in [3.05, 3.63) is 46.7 Å². The van der Waals surface area contributed by atoms with Gasteiger partial charge in [-0.1, -0.05) is 23.7 Å². The second-order valence-corrected chi connectivity index (χ2v) is 9.03. The van der Waals surface area contributed by atoms with Crippen molar-refractivity contribution >= 4 is 21.8 Å². The number of hydrogen-bond acceptors (Lipinski definition) is 4. The zero-order chi connectivity index (χ0) is 18.7. The number of nitrogens with one attached hydrogen (secondary N) is 1.